The number of nitrogens with one attached hydrogen (secondary N) is 1. The minimum Gasteiger partial charge on any atom is -0.497 e. The van der Waals surface area contributed by atoms with Crippen LogP contribution in [0.4, 0.5) is 10.1 Å². The van der Waals surface area contributed by atoms with Crippen molar-refractivity contribution < 1.29 is 9.13 Å². The molecule has 1 N–H and O–H groups in total. The second-order valence-electron chi connectivity index (χ2n) is 9.40. The van der Waals surface area contributed by atoms with Crippen molar-refractivity contribution in [2.45, 2.75) is 38.6 Å². The smallest absolute Gasteiger partial charge is 0.137 e. The van der Waals surface area contributed by atoms with Gasteiger partial charge in [0.05, 0.1) is 19.3 Å². The lowest BCUT2D eigenvalue weighted by Crippen LogP contribution is -2.28. The first-order valence-corrected chi connectivity index (χ1v) is 12.0. The molecule has 0 atom stereocenters. The van der Waals surface area contributed by atoms with Crippen molar-refractivity contribution in [1.29, 1.82) is 0 Å². The summed E-state index contributed by atoms with van der Waals surface area (Å²) in [5.41, 5.74) is 5.58. The zero-order valence-electron chi connectivity index (χ0n) is 19.6. The Bertz CT molecular complexity index is 1100. The first kappa shape index (κ1) is 22.0. The quantitative estimate of drug-likeness (QED) is 0.595. The van der Waals surface area contributed by atoms with E-state index >= 15 is 4.39 Å². The van der Waals surface area contributed by atoms with Gasteiger partial charge in [0.25, 0.3) is 0 Å². The maximum absolute atomic E-state index is 15.8. The number of halogens is 1. The zero-order valence-corrected chi connectivity index (χ0v) is 19.6. The highest BCUT2D eigenvalue weighted by atomic mass is 19.1. The lowest BCUT2D eigenvalue weighted by molar-refractivity contribution is 0.373. The molecule has 0 amide bonds. The summed E-state index contributed by atoms with van der Waals surface area (Å²) in [4.78, 5) is 2.16. The molecule has 5 rings (SSSR count). The Kier molecular flexibility index (Phi) is 6.36. The molecular formula is C27H33FN4O. The molecule has 33 heavy (non-hydrogen) atoms. The van der Waals surface area contributed by atoms with Gasteiger partial charge in [-0.25, -0.2) is 4.39 Å². The number of aromatic nitrogens is 2. The van der Waals surface area contributed by atoms with E-state index in [1.54, 1.807) is 7.11 Å². The molecule has 3 heterocycles. The first-order chi connectivity index (χ1) is 16.1. The van der Waals surface area contributed by atoms with Gasteiger partial charge in [0.15, 0.2) is 0 Å². The third-order valence-electron chi connectivity index (χ3n) is 7.11. The molecular weight excluding hydrogens is 415 g/mol. The van der Waals surface area contributed by atoms with Crippen molar-refractivity contribution in [1.82, 2.24) is 15.1 Å². The SMILES string of the molecule is COc1ccc(Cn2cc(CC3CCNCC3)c(-c3ccc4c(c3F)CCCN4C)n2)cc1. The van der Waals surface area contributed by atoms with E-state index in [4.69, 9.17) is 9.84 Å². The molecule has 1 saturated heterocycles. The number of methoxy groups -OCH3 is 1. The normalized spacial score (nSPS) is 16.6. The summed E-state index contributed by atoms with van der Waals surface area (Å²) in [6, 6.07) is 12.1. The Morgan fingerprint density at radius 3 is 2.67 bits per heavy atom. The van der Waals surface area contributed by atoms with Crippen LogP contribution in [0.2, 0.25) is 0 Å². The molecule has 0 radical (unpaired) electrons. The van der Waals surface area contributed by atoms with Gasteiger partial charge in [-0.15, -0.1) is 0 Å². The summed E-state index contributed by atoms with van der Waals surface area (Å²) in [5, 5.41) is 8.37. The van der Waals surface area contributed by atoms with E-state index in [1.165, 1.54) is 0 Å². The molecule has 2 aliphatic heterocycles. The summed E-state index contributed by atoms with van der Waals surface area (Å²) >= 11 is 0. The fourth-order valence-corrected chi connectivity index (χ4v) is 5.24. The third-order valence-corrected chi connectivity index (χ3v) is 7.11. The number of piperidine rings is 1. The Morgan fingerprint density at radius 1 is 1.12 bits per heavy atom. The number of hydrogen-bond donors (Lipinski definition) is 1. The largest absolute Gasteiger partial charge is 0.497 e. The molecule has 0 bridgehead atoms. The van der Waals surface area contributed by atoms with Gasteiger partial charge in [-0.05, 0) is 86.5 Å². The average molecular weight is 449 g/mol. The lowest BCUT2D eigenvalue weighted by Gasteiger charge is -2.28. The van der Waals surface area contributed by atoms with Gasteiger partial charge in [-0.1, -0.05) is 12.1 Å². The number of fused-ring (bicyclic) bond motifs is 1. The van der Waals surface area contributed by atoms with Gasteiger partial charge in [-0.3, -0.25) is 4.68 Å². The van der Waals surface area contributed by atoms with Crippen LogP contribution in [0.25, 0.3) is 11.3 Å². The molecule has 6 heteroatoms. The van der Waals surface area contributed by atoms with Crippen molar-refractivity contribution >= 4 is 5.69 Å². The molecule has 0 saturated carbocycles. The fraction of sp³-hybridized carbons (Fsp3) is 0.444. The second kappa shape index (κ2) is 9.56. The lowest BCUT2D eigenvalue weighted by atomic mass is 9.89. The maximum atomic E-state index is 15.8. The molecule has 2 aromatic carbocycles. The van der Waals surface area contributed by atoms with Crippen molar-refractivity contribution in [2.75, 3.05) is 38.7 Å². The average Bonchev–Trinajstić information content (AvgIpc) is 3.22. The molecule has 2 aliphatic rings. The minimum atomic E-state index is -0.0969. The molecule has 0 aliphatic carbocycles. The topological polar surface area (TPSA) is 42.3 Å². The van der Waals surface area contributed by atoms with E-state index in [0.717, 1.165) is 85.6 Å². The standard InChI is InChI=1S/C27H33FN4O/c1-31-15-3-4-23-25(31)10-9-24(26(23)28)27-21(16-19-11-13-29-14-12-19)18-32(30-27)17-20-5-7-22(33-2)8-6-20/h5-10,18-19,29H,3-4,11-17H2,1-2H3. The van der Waals surface area contributed by atoms with Crippen molar-refractivity contribution in [3.05, 3.63) is 65.1 Å². The van der Waals surface area contributed by atoms with E-state index in [9.17, 15) is 0 Å². The fourth-order valence-electron chi connectivity index (χ4n) is 5.24. The molecule has 3 aromatic rings. The Morgan fingerprint density at radius 2 is 1.91 bits per heavy atom. The highest BCUT2D eigenvalue weighted by Crippen LogP contribution is 2.36. The Labute approximate surface area is 195 Å². The molecule has 1 fully saturated rings. The van der Waals surface area contributed by atoms with Crippen LogP contribution in [-0.4, -0.2) is 43.6 Å². The zero-order chi connectivity index (χ0) is 22.8. The van der Waals surface area contributed by atoms with E-state index < -0.39 is 0 Å². The van der Waals surface area contributed by atoms with Crippen LogP contribution in [0.15, 0.2) is 42.6 Å². The maximum Gasteiger partial charge on any atom is 0.137 e. The van der Waals surface area contributed by atoms with E-state index in [0.29, 0.717) is 18.0 Å². The summed E-state index contributed by atoms with van der Waals surface area (Å²) in [5.74, 6) is 1.35. The Hall–Kier alpha value is -2.86. The van der Waals surface area contributed by atoms with Crippen LogP contribution in [-0.2, 0) is 19.4 Å². The van der Waals surface area contributed by atoms with Crippen LogP contribution >= 0.6 is 0 Å². The van der Waals surface area contributed by atoms with Crippen molar-refractivity contribution in [3.63, 3.8) is 0 Å². The van der Waals surface area contributed by atoms with Crippen LogP contribution in [0.1, 0.15) is 36.0 Å². The number of benzene rings is 2. The van der Waals surface area contributed by atoms with Crippen molar-refractivity contribution in [3.8, 4) is 17.0 Å². The number of anilines is 1. The van der Waals surface area contributed by atoms with Crippen LogP contribution in [0.3, 0.4) is 0 Å². The molecule has 174 valence electrons. The molecule has 0 spiro atoms. The monoisotopic (exact) mass is 448 g/mol. The summed E-state index contributed by atoms with van der Waals surface area (Å²) < 4.78 is 23.0. The second-order valence-corrected chi connectivity index (χ2v) is 9.40. The van der Waals surface area contributed by atoms with Gasteiger partial charge in [0.2, 0.25) is 0 Å². The van der Waals surface area contributed by atoms with Gasteiger partial charge < -0.3 is 15.0 Å². The number of ether oxygens (including phenoxy) is 1. The Balaban J connectivity index is 1.50. The predicted molar refractivity (Wildman–Crippen MR) is 131 cm³/mol. The minimum absolute atomic E-state index is 0.0969. The number of rotatable bonds is 6. The van der Waals surface area contributed by atoms with Gasteiger partial charge >= 0.3 is 0 Å². The summed E-state index contributed by atoms with van der Waals surface area (Å²) in [6.45, 7) is 3.74. The van der Waals surface area contributed by atoms with Crippen LogP contribution in [0.5, 0.6) is 5.75 Å². The summed E-state index contributed by atoms with van der Waals surface area (Å²) in [6.07, 6.45) is 7.15. The number of hydrogen-bond acceptors (Lipinski definition) is 4. The van der Waals surface area contributed by atoms with Gasteiger partial charge in [0, 0.05) is 36.6 Å². The highest BCUT2D eigenvalue weighted by Gasteiger charge is 2.24. The van der Waals surface area contributed by atoms with Gasteiger partial charge in [0.1, 0.15) is 11.6 Å². The van der Waals surface area contributed by atoms with E-state index in [-0.39, 0.29) is 5.82 Å². The third kappa shape index (κ3) is 4.62. The molecule has 5 nitrogen and oxygen atoms in total. The van der Waals surface area contributed by atoms with Crippen molar-refractivity contribution in [2.24, 2.45) is 5.92 Å². The van der Waals surface area contributed by atoms with Gasteiger partial charge in [-0.2, -0.15) is 5.10 Å². The van der Waals surface area contributed by atoms with Crippen LogP contribution in [0, 0.1) is 11.7 Å². The molecule has 1 aromatic heterocycles. The van der Waals surface area contributed by atoms with E-state index in [2.05, 4.69) is 34.6 Å². The van der Waals surface area contributed by atoms with Crippen LogP contribution < -0.4 is 15.0 Å². The molecule has 0 unspecified atom stereocenters. The predicted octanol–water partition coefficient (Wildman–Crippen LogP) is 4.67. The first-order valence-electron chi connectivity index (χ1n) is 12.0. The summed E-state index contributed by atoms with van der Waals surface area (Å²) in [7, 11) is 3.72. The highest BCUT2D eigenvalue weighted by molar-refractivity contribution is 5.70. The number of nitrogens with zero attached hydrogens (tertiary/aromatic N) is 3. The van der Waals surface area contributed by atoms with E-state index in [1.807, 2.05) is 29.9 Å².